The highest BCUT2D eigenvalue weighted by Gasteiger charge is 2.16. The van der Waals surface area contributed by atoms with Gasteiger partial charge in [-0.2, -0.15) is 5.10 Å². The highest BCUT2D eigenvalue weighted by molar-refractivity contribution is 4.84. The second-order valence-electron chi connectivity index (χ2n) is 5.72. The van der Waals surface area contributed by atoms with Crippen LogP contribution in [0.1, 0.15) is 59.2 Å². The summed E-state index contributed by atoms with van der Waals surface area (Å²) in [6.45, 7) is 11.7. The summed E-state index contributed by atoms with van der Waals surface area (Å²) in [5, 5.41) is 7.68. The molecule has 1 aromatic heterocycles. The molecule has 1 aromatic rings. The van der Waals surface area contributed by atoms with Gasteiger partial charge in [0.05, 0.1) is 6.54 Å². The van der Waals surface area contributed by atoms with Crippen LogP contribution in [0.15, 0.2) is 6.33 Å². The van der Waals surface area contributed by atoms with Crippen molar-refractivity contribution in [3.63, 3.8) is 0 Å². The van der Waals surface area contributed by atoms with E-state index in [0.29, 0.717) is 5.41 Å². The average Bonchev–Trinajstić information content (AvgIpc) is 2.76. The fourth-order valence-corrected chi connectivity index (χ4v) is 2.14. The second kappa shape index (κ2) is 7.52. The molecule has 4 nitrogen and oxygen atoms in total. The maximum absolute atomic E-state index is 4.27. The van der Waals surface area contributed by atoms with Crippen molar-refractivity contribution in [2.75, 3.05) is 6.54 Å². The van der Waals surface area contributed by atoms with Crippen molar-refractivity contribution in [3.8, 4) is 0 Å². The van der Waals surface area contributed by atoms with Gasteiger partial charge in [0.1, 0.15) is 12.2 Å². The first kappa shape index (κ1) is 15.2. The molecule has 0 saturated carbocycles. The Balaban J connectivity index is 2.27. The number of hydrogen-bond donors (Lipinski definition) is 1. The fourth-order valence-electron chi connectivity index (χ4n) is 2.14. The molecule has 0 amide bonds. The van der Waals surface area contributed by atoms with E-state index in [1.165, 1.54) is 25.7 Å². The van der Waals surface area contributed by atoms with Gasteiger partial charge in [-0.05, 0) is 18.8 Å². The van der Waals surface area contributed by atoms with Gasteiger partial charge in [-0.1, -0.05) is 40.0 Å². The molecule has 1 rings (SSSR count). The summed E-state index contributed by atoms with van der Waals surface area (Å²) in [6.07, 6.45) is 6.88. The second-order valence-corrected chi connectivity index (χ2v) is 5.72. The van der Waals surface area contributed by atoms with Crippen LogP contribution in [0.2, 0.25) is 0 Å². The van der Waals surface area contributed by atoms with Crippen LogP contribution in [0.4, 0.5) is 0 Å². The van der Waals surface area contributed by atoms with Crippen LogP contribution >= 0.6 is 0 Å². The van der Waals surface area contributed by atoms with Gasteiger partial charge in [-0.25, -0.2) is 9.67 Å². The van der Waals surface area contributed by atoms with E-state index in [0.717, 1.165) is 25.5 Å². The number of nitrogens with zero attached hydrogens (tertiary/aromatic N) is 3. The largest absolute Gasteiger partial charge is 0.309 e. The third-order valence-corrected chi connectivity index (χ3v) is 3.34. The summed E-state index contributed by atoms with van der Waals surface area (Å²) in [6, 6.07) is 0. The predicted molar refractivity (Wildman–Crippen MR) is 75.3 cm³/mol. The molecule has 1 N–H and O–H groups in total. The molecule has 0 unspecified atom stereocenters. The van der Waals surface area contributed by atoms with Gasteiger partial charge in [0, 0.05) is 13.1 Å². The van der Waals surface area contributed by atoms with Crippen LogP contribution in [-0.2, 0) is 13.1 Å². The highest BCUT2D eigenvalue weighted by atomic mass is 15.3. The van der Waals surface area contributed by atoms with Gasteiger partial charge in [-0.3, -0.25) is 0 Å². The summed E-state index contributed by atoms with van der Waals surface area (Å²) >= 11 is 0. The predicted octanol–water partition coefficient (Wildman–Crippen LogP) is 2.99. The van der Waals surface area contributed by atoms with E-state index >= 15 is 0 Å². The Morgan fingerprint density at radius 1 is 1.28 bits per heavy atom. The summed E-state index contributed by atoms with van der Waals surface area (Å²) in [4.78, 5) is 4.27. The standard InChI is InChI=1S/C14H28N4/c1-5-7-8-9-14(3,4)11-15-10-13-16-12-17-18(13)6-2/h12,15H,5-11H2,1-4H3. The lowest BCUT2D eigenvalue weighted by molar-refractivity contribution is 0.299. The molecule has 0 radical (unpaired) electrons. The smallest absolute Gasteiger partial charge is 0.140 e. The number of aryl methyl sites for hydroxylation is 1. The van der Waals surface area contributed by atoms with Crippen LogP contribution in [0.3, 0.4) is 0 Å². The molecule has 4 heteroatoms. The van der Waals surface area contributed by atoms with Crippen molar-refractivity contribution in [2.24, 2.45) is 5.41 Å². The van der Waals surface area contributed by atoms with E-state index in [-0.39, 0.29) is 0 Å². The molecule has 0 atom stereocenters. The Morgan fingerprint density at radius 2 is 2.06 bits per heavy atom. The van der Waals surface area contributed by atoms with Crippen LogP contribution in [-0.4, -0.2) is 21.3 Å². The Bertz CT molecular complexity index is 330. The SMILES string of the molecule is CCCCCC(C)(C)CNCc1ncnn1CC. The van der Waals surface area contributed by atoms with Gasteiger partial charge >= 0.3 is 0 Å². The van der Waals surface area contributed by atoms with E-state index in [4.69, 9.17) is 0 Å². The van der Waals surface area contributed by atoms with Crippen molar-refractivity contribution in [1.82, 2.24) is 20.1 Å². The van der Waals surface area contributed by atoms with Gasteiger partial charge in [0.2, 0.25) is 0 Å². The monoisotopic (exact) mass is 252 g/mol. The first-order valence-corrected chi connectivity index (χ1v) is 7.16. The zero-order valence-corrected chi connectivity index (χ0v) is 12.4. The molecule has 0 aliphatic rings. The van der Waals surface area contributed by atoms with Crippen LogP contribution in [0.25, 0.3) is 0 Å². The quantitative estimate of drug-likeness (QED) is 0.687. The molecule has 18 heavy (non-hydrogen) atoms. The lowest BCUT2D eigenvalue weighted by Crippen LogP contribution is -2.30. The summed E-state index contributed by atoms with van der Waals surface area (Å²) < 4.78 is 1.94. The average molecular weight is 252 g/mol. The van der Waals surface area contributed by atoms with Gasteiger partial charge < -0.3 is 5.32 Å². The zero-order valence-electron chi connectivity index (χ0n) is 12.4. The minimum absolute atomic E-state index is 0.367. The van der Waals surface area contributed by atoms with Gasteiger partial charge in [-0.15, -0.1) is 0 Å². The molecule has 104 valence electrons. The maximum atomic E-state index is 4.27. The Kier molecular flexibility index (Phi) is 6.33. The summed E-state index contributed by atoms with van der Waals surface area (Å²) in [5.41, 5.74) is 0.367. The van der Waals surface area contributed by atoms with E-state index in [1.807, 2.05) is 4.68 Å². The van der Waals surface area contributed by atoms with Crippen LogP contribution in [0, 0.1) is 5.41 Å². The van der Waals surface area contributed by atoms with Crippen LogP contribution in [0.5, 0.6) is 0 Å². The van der Waals surface area contributed by atoms with Crippen molar-refractivity contribution >= 4 is 0 Å². The molecule has 0 aromatic carbocycles. The minimum atomic E-state index is 0.367. The first-order chi connectivity index (χ1) is 8.59. The van der Waals surface area contributed by atoms with Gasteiger partial charge in [0.25, 0.3) is 0 Å². The molecule has 0 spiro atoms. The fraction of sp³-hybridized carbons (Fsp3) is 0.857. The molecule has 1 heterocycles. The van der Waals surface area contributed by atoms with Crippen molar-refractivity contribution in [2.45, 2.75) is 66.5 Å². The molecular formula is C14H28N4. The molecular weight excluding hydrogens is 224 g/mol. The number of unbranched alkanes of at least 4 members (excludes halogenated alkanes) is 2. The van der Waals surface area contributed by atoms with Crippen molar-refractivity contribution in [3.05, 3.63) is 12.2 Å². The lowest BCUT2D eigenvalue weighted by atomic mass is 9.87. The molecule has 0 bridgehead atoms. The third-order valence-electron chi connectivity index (χ3n) is 3.34. The Morgan fingerprint density at radius 3 is 2.72 bits per heavy atom. The summed E-state index contributed by atoms with van der Waals surface area (Å²) in [7, 11) is 0. The molecule has 0 aliphatic heterocycles. The zero-order chi connectivity index (χ0) is 13.4. The normalized spacial score (nSPS) is 12.0. The number of nitrogens with one attached hydrogen (secondary N) is 1. The maximum Gasteiger partial charge on any atom is 0.140 e. The van der Waals surface area contributed by atoms with Crippen molar-refractivity contribution < 1.29 is 0 Å². The number of aromatic nitrogens is 3. The molecule has 0 aliphatic carbocycles. The van der Waals surface area contributed by atoms with Gasteiger partial charge in [0.15, 0.2) is 0 Å². The highest BCUT2D eigenvalue weighted by Crippen LogP contribution is 2.22. The number of hydrogen-bond acceptors (Lipinski definition) is 3. The topological polar surface area (TPSA) is 42.7 Å². The lowest BCUT2D eigenvalue weighted by Gasteiger charge is -2.25. The van der Waals surface area contributed by atoms with E-state index in [1.54, 1.807) is 6.33 Å². The molecule has 0 saturated heterocycles. The number of rotatable bonds is 9. The third kappa shape index (κ3) is 5.17. The Hall–Kier alpha value is -0.900. The first-order valence-electron chi connectivity index (χ1n) is 7.16. The molecule has 0 fully saturated rings. The van der Waals surface area contributed by atoms with Crippen molar-refractivity contribution in [1.29, 1.82) is 0 Å². The van der Waals surface area contributed by atoms with E-state index in [2.05, 4.69) is 43.1 Å². The minimum Gasteiger partial charge on any atom is -0.309 e. The van der Waals surface area contributed by atoms with Crippen LogP contribution < -0.4 is 5.32 Å². The van der Waals surface area contributed by atoms with E-state index in [9.17, 15) is 0 Å². The Labute approximate surface area is 111 Å². The summed E-state index contributed by atoms with van der Waals surface area (Å²) in [5.74, 6) is 1.03. The van der Waals surface area contributed by atoms with E-state index < -0.39 is 0 Å².